The summed E-state index contributed by atoms with van der Waals surface area (Å²) in [5.41, 5.74) is 3.33. The molecule has 3 heteroatoms. The Morgan fingerprint density at radius 1 is 0.815 bits per heavy atom. The van der Waals surface area contributed by atoms with Crippen molar-refractivity contribution in [3.05, 3.63) is 102 Å². The molecule has 0 bridgehead atoms. The molecule has 2 atom stereocenters. The summed E-state index contributed by atoms with van der Waals surface area (Å²) in [6.45, 7) is 2.01. The van der Waals surface area contributed by atoms with Crippen LogP contribution in [-0.4, -0.2) is 13.0 Å². The van der Waals surface area contributed by atoms with Gasteiger partial charge in [0.25, 0.3) is 0 Å². The van der Waals surface area contributed by atoms with Gasteiger partial charge in [0.1, 0.15) is 5.75 Å². The van der Waals surface area contributed by atoms with Crippen LogP contribution < -0.4 is 10.1 Å². The second kappa shape index (κ2) is 9.04. The van der Waals surface area contributed by atoms with E-state index in [-0.39, 0.29) is 17.9 Å². The summed E-state index contributed by atoms with van der Waals surface area (Å²) < 4.78 is 5.26. The van der Waals surface area contributed by atoms with Crippen LogP contribution in [0.15, 0.2) is 84.9 Å². The van der Waals surface area contributed by atoms with Crippen LogP contribution in [-0.2, 0) is 4.79 Å². The van der Waals surface area contributed by atoms with Crippen molar-refractivity contribution >= 4 is 5.91 Å². The largest absolute Gasteiger partial charge is 0.497 e. The molecular weight excluding hydrogens is 334 g/mol. The molecule has 0 aliphatic rings. The third-order valence-electron chi connectivity index (χ3n) is 4.79. The highest BCUT2D eigenvalue weighted by Gasteiger charge is 2.19. The molecule has 0 saturated heterocycles. The van der Waals surface area contributed by atoms with E-state index in [4.69, 9.17) is 4.74 Å². The summed E-state index contributed by atoms with van der Waals surface area (Å²) in [4.78, 5) is 12.8. The van der Waals surface area contributed by atoms with E-state index in [1.807, 2.05) is 79.7 Å². The maximum atomic E-state index is 12.8. The number of carbonyl (C=O) groups is 1. The minimum atomic E-state index is -0.0222. The molecule has 27 heavy (non-hydrogen) atoms. The van der Waals surface area contributed by atoms with Gasteiger partial charge in [-0.15, -0.1) is 0 Å². The van der Waals surface area contributed by atoms with Gasteiger partial charge in [-0.25, -0.2) is 0 Å². The fourth-order valence-electron chi connectivity index (χ4n) is 3.26. The number of amides is 1. The van der Waals surface area contributed by atoms with Gasteiger partial charge in [-0.3, -0.25) is 4.79 Å². The maximum absolute atomic E-state index is 12.8. The zero-order chi connectivity index (χ0) is 19.1. The first kappa shape index (κ1) is 18.7. The number of hydrogen-bond donors (Lipinski definition) is 1. The Morgan fingerprint density at radius 3 is 1.89 bits per heavy atom. The number of rotatable bonds is 7. The molecule has 0 spiro atoms. The number of hydrogen-bond acceptors (Lipinski definition) is 2. The molecule has 0 unspecified atom stereocenters. The lowest BCUT2D eigenvalue weighted by Gasteiger charge is -2.20. The van der Waals surface area contributed by atoms with Crippen molar-refractivity contribution in [2.24, 2.45) is 0 Å². The molecule has 3 aromatic carbocycles. The van der Waals surface area contributed by atoms with E-state index >= 15 is 0 Å². The van der Waals surface area contributed by atoms with E-state index < -0.39 is 0 Å². The van der Waals surface area contributed by atoms with Crippen molar-refractivity contribution in [2.75, 3.05) is 7.11 Å². The average Bonchev–Trinajstić information content (AvgIpc) is 2.73. The van der Waals surface area contributed by atoms with E-state index in [1.165, 1.54) is 0 Å². The molecule has 1 N–H and O–H groups in total. The van der Waals surface area contributed by atoms with E-state index in [9.17, 15) is 4.79 Å². The van der Waals surface area contributed by atoms with Crippen LogP contribution in [0.1, 0.15) is 42.0 Å². The molecule has 0 aliphatic carbocycles. The summed E-state index contributed by atoms with van der Waals surface area (Å²) in [7, 11) is 1.65. The van der Waals surface area contributed by atoms with Gasteiger partial charge in [-0.1, -0.05) is 72.8 Å². The lowest BCUT2D eigenvalue weighted by Crippen LogP contribution is -2.28. The van der Waals surface area contributed by atoms with E-state index in [1.54, 1.807) is 7.11 Å². The Labute approximate surface area is 161 Å². The Bertz CT molecular complexity index is 845. The molecule has 0 fully saturated rings. The maximum Gasteiger partial charge on any atom is 0.221 e. The van der Waals surface area contributed by atoms with Crippen molar-refractivity contribution in [3.63, 3.8) is 0 Å². The molecule has 3 aromatic rings. The minimum Gasteiger partial charge on any atom is -0.497 e. The molecule has 0 heterocycles. The molecule has 0 aromatic heterocycles. The van der Waals surface area contributed by atoms with Crippen LogP contribution in [0.2, 0.25) is 0 Å². The molecule has 0 radical (unpaired) electrons. The van der Waals surface area contributed by atoms with Crippen molar-refractivity contribution in [3.8, 4) is 5.75 Å². The summed E-state index contributed by atoms with van der Waals surface area (Å²) in [5, 5.41) is 3.13. The van der Waals surface area contributed by atoms with Crippen LogP contribution in [0.25, 0.3) is 0 Å². The first-order valence-electron chi connectivity index (χ1n) is 9.20. The average molecular weight is 359 g/mol. The zero-order valence-electron chi connectivity index (χ0n) is 15.8. The fraction of sp³-hybridized carbons (Fsp3) is 0.208. The highest BCUT2D eigenvalue weighted by atomic mass is 16.5. The number of nitrogens with one attached hydrogen (secondary N) is 1. The van der Waals surface area contributed by atoms with Crippen LogP contribution >= 0.6 is 0 Å². The second-order valence-electron chi connectivity index (χ2n) is 6.64. The van der Waals surface area contributed by atoms with Gasteiger partial charge in [0, 0.05) is 12.3 Å². The second-order valence-corrected chi connectivity index (χ2v) is 6.64. The fourth-order valence-corrected chi connectivity index (χ4v) is 3.26. The Kier molecular flexibility index (Phi) is 6.26. The van der Waals surface area contributed by atoms with Crippen LogP contribution in [0, 0.1) is 0 Å². The van der Waals surface area contributed by atoms with Crippen molar-refractivity contribution in [1.29, 1.82) is 0 Å². The lowest BCUT2D eigenvalue weighted by atomic mass is 9.88. The quantitative estimate of drug-likeness (QED) is 0.638. The monoisotopic (exact) mass is 359 g/mol. The van der Waals surface area contributed by atoms with Crippen molar-refractivity contribution < 1.29 is 9.53 Å². The molecule has 138 valence electrons. The predicted molar refractivity (Wildman–Crippen MR) is 109 cm³/mol. The summed E-state index contributed by atoms with van der Waals surface area (Å²) in [6, 6.07) is 28.1. The van der Waals surface area contributed by atoms with Gasteiger partial charge in [-0.05, 0) is 35.7 Å². The van der Waals surface area contributed by atoms with E-state index in [2.05, 4.69) is 17.4 Å². The SMILES string of the molecule is COc1ccc([C@H](CC(=O)N[C@@H](C)c2ccccc2)c2ccccc2)cc1. The molecule has 1 amide bonds. The standard InChI is InChI=1S/C24H25NO2/c1-18(19-9-5-3-6-10-19)25-24(26)17-23(20-11-7-4-8-12-20)21-13-15-22(27-2)16-14-21/h3-16,18,23H,17H2,1-2H3,(H,25,26)/t18-,23+/m0/s1. The van der Waals surface area contributed by atoms with Crippen molar-refractivity contribution in [2.45, 2.75) is 25.3 Å². The van der Waals surface area contributed by atoms with Crippen molar-refractivity contribution in [1.82, 2.24) is 5.32 Å². The summed E-state index contributed by atoms with van der Waals surface area (Å²) in [6.07, 6.45) is 0.396. The van der Waals surface area contributed by atoms with Gasteiger partial charge < -0.3 is 10.1 Å². The first-order chi connectivity index (χ1) is 13.2. The highest BCUT2D eigenvalue weighted by molar-refractivity contribution is 5.78. The van der Waals surface area contributed by atoms with Crippen LogP contribution in [0.5, 0.6) is 5.75 Å². The molecule has 0 saturated carbocycles. The van der Waals surface area contributed by atoms with E-state index in [0.717, 1.165) is 22.4 Å². The van der Waals surface area contributed by atoms with E-state index in [0.29, 0.717) is 6.42 Å². The first-order valence-corrected chi connectivity index (χ1v) is 9.20. The van der Waals surface area contributed by atoms with Gasteiger partial charge in [0.15, 0.2) is 0 Å². The van der Waals surface area contributed by atoms with Crippen LogP contribution in [0.3, 0.4) is 0 Å². The highest BCUT2D eigenvalue weighted by Crippen LogP contribution is 2.29. The number of methoxy groups -OCH3 is 1. The molecule has 0 aliphatic heterocycles. The number of carbonyl (C=O) groups excluding carboxylic acids is 1. The van der Waals surface area contributed by atoms with Gasteiger partial charge in [-0.2, -0.15) is 0 Å². The third kappa shape index (κ3) is 4.98. The molecule has 3 nitrogen and oxygen atoms in total. The minimum absolute atomic E-state index is 0.0000736. The van der Waals surface area contributed by atoms with Gasteiger partial charge >= 0.3 is 0 Å². The Balaban J connectivity index is 1.77. The number of benzene rings is 3. The summed E-state index contributed by atoms with van der Waals surface area (Å²) >= 11 is 0. The number of ether oxygens (including phenoxy) is 1. The summed E-state index contributed by atoms with van der Waals surface area (Å²) in [5.74, 6) is 0.851. The van der Waals surface area contributed by atoms with Gasteiger partial charge in [0.05, 0.1) is 13.2 Å². The normalized spacial score (nSPS) is 12.8. The van der Waals surface area contributed by atoms with Gasteiger partial charge in [0.2, 0.25) is 5.91 Å². The molecule has 3 rings (SSSR count). The smallest absolute Gasteiger partial charge is 0.221 e. The Hall–Kier alpha value is -3.07. The van der Waals surface area contributed by atoms with Crippen LogP contribution in [0.4, 0.5) is 0 Å². The molecular formula is C24H25NO2. The zero-order valence-corrected chi connectivity index (χ0v) is 15.8. The lowest BCUT2D eigenvalue weighted by molar-refractivity contribution is -0.121. The third-order valence-corrected chi connectivity index (χ3v) is 4.79. The predicted octanol–water partition coefficient (Wildman–Crippen LogP) is 5.09. The Morgan fingerprint density at radius 2 is 1.33 bits per heavy atom. The topological polar surface area (TPSA) is 38.3 Å².